The van der Waals surface area contributed by atoms with Crippen molar-refractivity contribution in [2.45, 2.75) is 43.9 Å². The predicted molar refractivity (Wildman–Crippen MR) is 131 cm³/mol. The Morgan fingerprint density at radius 3 is 2.13 bits per heavy atom. The van der Waals surface area contributed by atoms with Gasteiger partial charge in [-0.3, -0.25) is 4.48 Å². The lowest BCUT2D eigenvalue weighted by atomic mass is 10.0. The zero-order valence-electron chi connectivity index (χ0n) is 19.4. The fraction of sp³-hybridized carbons (Fsp3) is 0.385. The van der Waals surface area contributed by atoms with Gasteiger partial charge in [-0.25, -0.2) is 13.1 Å². The van der Waals surface area contributed by atoms with E-state index in [2.05, 4.69) is 70.0 Å². The molecule has 31 heavy (non-hydrogen) atoms. The van der Waals surface area contributed by atoms with Crippen LogP contribution in [0.25, 0.3) is 11.1 Å². The molecule has 0 aliphatic heterocycles. The number of fused-ring (bicyclic) bond motifs is 1. The lowest BCUT2D eigenvalue weighted by molar-refractivity contribution is 0.488. The van der Waals surface area contributed by atoms with Crippen LogP contribution in [0.15, 0.2) is 65.6 Å². The third kappa shape index (κ3) is 5.73. The quantitative estimate of drug-likeness (QED) is 0.358. The first-order valence-corrected chi connectivity index (χ1v) is 12.5. The molecule has 166 valence electrons. The van der Waals surface area contributed by atoms with Crippen LogP contribution in [0.1, 0.15) is 43.7 Å². The maximum Gasteiger partial charge on any atom is 0.240 e. The average molecular weight is 440 g/mol. The molecule has 0 heterocycles. The van der Waals surface area contributed by atoms with Gasteiger partial charge in [0.2, 0.25) is 10.0 Å². The minimum absolute atomic E-state index is 0.318. The van der Waals surface area contributed by atoms with Crippen molar-refractivity contribution in [3.05, 3.63) is 71.8 Å². The number of aryl methyl sites for hydroxylation is 1. The Balaban J connectivity index is 1.70. The summed E-state index contributed by atoms with van der Waals surface area (Å²) in [7, 11) is 3.18. The third-order valence-corrected chi connectivity index (χ3v) is 7.19. The van der Waals surface area contributed by atoms with E-state index in [0.717, 1.165) is 23.7 Å². The number of nitrogens with zero attached hydrogens (tertiary/aromatic N) is 1. The van der Waals surface area contributed by atoms with E-state index in [9.17, 15) is 8.42 Å². The molecule has 0 spiro atoms. The number of rotatable bonds is 9. The van der Waals surface area contributed by atoms with Crippen molar-refractivity contribution in [2.24, 2.45) is 0 Å². The summed E-state index contributed by atoms with van der Waals surface area (Å²) in [6.07, 6.45) is 2.67. The van der Waals surface area contributed by atoms with Gasteiger partial charge in [0, 0.05) is 18.2 Å². The lowest BCUT2D eigenvalue weighted by Gasteiger charge is -2.23. The van der Waals surface area contributed by atoms with Crippen molar-refractivity contribution in [1.29, 1.82) is 0 Å². The number of quaternary nitrogens is 1. The summed E-state index contributed by atoms with van der Waals surface area (Å²) in [6, 6.07) is 19.9. The molecule has 0 fully saturated rings. The second-order valence-corrected chi connectivity index (χ2v) is 11.2. The third-order valence-electron chi connectivity index (χ3n) is 5.72. The molecule has 1 aromatic carbocycles. The van der Waals surface area contributed by atoms with Crippen molar-refractivity contribution in [3.63, 3.8) is 0 Å². The van der Waals surface area contributed by atoms with Crippen LogP contribution < -0.4 is 9.21 Å². The van der Waals surface area contributed by atoms with Gasteiger partial charge in [0.25, 0.3) is 0 Å². The Hall–Kier alpha value is -2.21. The van der Waals surface area contributed by atoms with E-state index in [1.54, 1.807) is 24.3 Å². The van der Waals surface area contributed by atoms with Gasteiger partial charge >= 0.3 is 0 Å². The summed E-state index contributed by atoms with van der Waals surface area (Å²) in [6.45, 7) is 4.89. The SMILES string of the molecule is CC(C)c1ccc2c(CCCCNS(=O)(=O)c3ccccc3)cc([N+](C)(C)C)c-2cc1. The molecule has 0 radical (unpaired) electrons. The molecular weight excluding hydrogens is 404 g/mol. The predicted octanol–water partition coefficient (Wildman–Crippen LogP) is 5.41. The van der Waals surface area contributed by atoms with Crippen LogP contribution in [0.2, 0.25) is 0 Å². The van der Waals surface area contributed by atoms with E-state index in [-0.39, 0.29) is 0 Å². The average Bonchev–Trinajstić information content (AvgIpc) is 2.91. The van der Waals surface area contributed by atoms with E-state index >= 15 is 0 Å². The number of hydrogen-bond acceptors (Lipinski definition) is 2. The minimum atomic E-state index is -3.43. The number of unbranched alkanes of at least 4 members (excludes halogenated alkanes) is 1. The van der Waals surface area contributed by atoms with E-state index in [1.807, 2.05) is 6.07 Å². The molecule has 0 aromatic heterocycles. The summed E-state index contributed by atoms with van der Waals surface area (Å²) in [5.74, 6) is 0.491. The molecule has 2 aliphatic carbocycles. The molecular formula is C26H35N2O2S+. The number of sulfonamides is 1. The summed E-state index contributed by atoms with van der Waals surface area (Å²) in [5.41, 5.74) is 6.61. The van der Waals surface area contributed by atoms with Gasteiger partial charge < -0.3 is 0 Å². The normalized spacial score (nSPS) is 12.6. The van der Waals surface area contributed by atoms with Gasteiger partial charge in [-0.1, -0.05) is 50.2 Å². The molecule has 0 unspecified atom stereocenters. The number of hydrogen-bond donors (Lipinski definition) is 1. The summed E-state index contributed by atoms with van der Waals surface area (Å²) >= 11 is 0. The molecule has 0 atom stereocenters. The highest BCUT2D eigenvalue weighted by atomic mass is 32.2. The van der Waals surface area contributed by atoms with E-state index in [0.29, 0.717) is 17.4 Å². The zero-order chi connectivity index (χ0) is 22.6. The molecule has 4 nitrogen and oxygen atoms in total. The molecule has 3 rings (SSSR count). The Labute approximate surface area is 187 Å². The second-order valence-electron chi connectivity index (χ2n) is 9.38. The fourth-order valence-corrected chi connectivity index (χ4v) is 4.99. The lowest BCUT2D eigenvalue weighted by Crippen LogP contribution is -2.34. The van der Waals surface area contributed by atoms with Crippen LogP contribution in [-0.2, 0) is 16.4 Å². The molecule has 2 aliphatic rings. The first-order chi connectivity index (χ1) is 14.6. The van der Waals surface area contributed by atoms with Gasteiger partial charge in [-0.2, -0.15) is 0 Å². The standard InChI is InChI=1S/C26H35N2O2S/c1-20(2)21-14-16-24-22(19-26(28(3,4)5)25(24)17-15-21)11-9-10-18-27-31(29,30)23-12-7-6-8-13-23/h6-8,12-17,19-20,27H,9-11,18H2,1-5H3/q+1. The first-order valence-electron chi connectivity index (χ1n) is 11.0. The molecule has 0 saturated carbocycles. The Morgan fingerprint density at radius 1 is 0.871 bits per heavy atom. The van der Waals surface area contributed by atoms with Gasteiger partial charge in [0.05, 0.1) is 26.0 Å². The zero-order valence-corrected chi connectivity index (χ0v) is 20.2. The minimum Gasteiger partial charge on any atom is -0.298 e. The Bertz CT molecular complexity index is 1080. The smallest absolute Gasteiger partial charge is 0.240 e. The van der Waals surface area contributed by atoms with Gasteiger partial charge in [0.15, 0.2) is 0 Å². The van der Waals surface area contributed by atoms with Crippen molar-refractivity contribution >= 4 is 15.7 Å². The van der Waals surface area contributed by atoms with Gasteiger partial charge in [0.1, 0.15) is 5.69 Å². The maximum atomic E-state index is 12.4. The second kappa shape index (κ2) is 9.51. The Morgan fingerprint density at radius 2 is 1.52 bits per heavy atom. The van der Waals surface area contributed by atoms with E-state index < -0.39 is 10.0 Å². The molecule has 5 heteroatoms. The highest BCUT2D eigenvalue weighted by Gasteiger charge is 2.24. The van der Waals surface area contributed by atoms with Crippen LogP contribution in [0, 0.1) is 0 Å². The van der Waals surface area contributed by atoms with E-state index in [1.165, 1.54) is 27.9 Å². The maximum absolute atomic E-state index is 12.4. The van der Waals surface area contributed by atoms with Crippen LogP contribution in [0.5, 0.6) is 0 Å². The summed E-state index contributed by atoms with van der Waals surface area (Å²) in [4.78, 5) is 0.318. The fourth-order valence-electron chi connectivity index (χ4n) is 3.89. The van der Waals surface area contributed by atoms with Crippen LogP contribution in [0.3, 0.4) is 0 Å². The monoisotopic (exact) mass is 439 g/mol. The van der Waals surface area contributed by atoms with Gasteiger partial charge in [-0.05, 0) is 60.1 Å². The van der Waals surface area contributed by atoms with Crippen LogP contribution >= 0.6 is 0 Å². The largest absolute Gasteiger partial charge is 0.298 e. The molecule has 0 amide bonds. The van der Waals surface area contributed by atoms with Crippen molar-refractivity contribution in [2.75, 3.05) is 27.7 Å². The first kappa shape index (κ1) is 23.5. The number of nitrogens with one attached hydrogen (secondary N) is 1. The van der Waals surface area contributed by atoms with Crippen molar-refractivity contribution in [3.8, 4) is 11.1 Å². The van der Waals surface area contributed by atoms with Gasteiger partial charge in [-0.15, -0.1) is 0 Å². The molecule has 1 N–H and O–H groups in total. The molecule has 1 aromatic rings. The Kier molecular flexibility index (Phi) is 7.20. The van der Waals surface area contributed by atoms with Crippen molar-refractivity contribution < 1.29 is 8.42 Å². The molecule has 0 bridgehead atoms. The summed E-state index contributed by atoms with van der Waals surface area (Å²) in [5, 5.41) is 0. The van der Waals surface area contributed by atoms with Crippen LogP contribution in [-0.4, -0.2) is 36.1 Å². The molecule has 0 saturated heterocycles. The highest BCUT2D eigenvalue weighted by Crippen LogP contribution is 2.40. The topological polar surface area (TPSA) is 46.2 Å². The van der Waals surface area contributed by atoms with E-state index in [4.69, 9.17) is 0 Å². The van der Waals surface area contributed by atoms with Crippen molar-refractivity contribution in [1.82, 2.24) is 9.21 Å². The highest BCUT2D eigenvalue weighted by molar-refractivity contribution is 7.89. The summed E-state index contributed by atoms with van der Waals surface area (Å²) < 4.78 is 28.2. The number of benzene rings is 1. The van der Waals surface area contributed by atoms with Crippen LogP contribution in [0.4, 0.5) is 5.69 Å².